The Kier molecular flexibility index (Phi) is 5.25. The smallest absolute Gasteiger partial charge is 0.255 e. The standard InChI is InChI=1S/C19H23N5O3/c1-5-13-12(4)20-19(22-18(13)26)24-16(21-17(25)9-11(2)3)10-14(23-24)15-7-6-8-27-15/h6-8,10-11H,5,9H2,1-4H3,(H,21,25)(H,20,22,26). The molecule has 8 nitrogen and oxygen atoms in total. The summed E-state index contributed by atoms with van der Waals surface area (Å²) in [5, 5.41) is 7.32. The van der Waals surface area contributed by atoms with E-state index in [-0.39, 0.29) is 23.3 Å². The second kappa shape index (κ2) is 7.61. The highest BCUT2D eigenvalue weighted by Gasteiger charge is 2.18. The lowest BCUT2D eigenvalue weighted by molar-refractivity contribution is -0.116. The zero-order chi connectivity index (χ0) is 19.6. The largest absolute Gasteiger partial charge is 0.463 e. The lowest BCUT2D eigenvalue weighted by Gasteiger charge is -2.10. The maximum atomic E-state index is 12.3. The van der Waals surface area contributed by atoms with Crippen LogP contribution in [0.25, 0.3) is 17.4 Å². The number of carbonyl (C=O) groups excluding carboxylic acids is 1. The molecule has 0 unspecified atom stereocenters. The summed E-state index contributed by atoms with van der Waals surface area (Å²) in [6.45, 7) is 7.62. The minimum Gasteiger partial charge on any atom is -0.463 e. The molecule has 8 heteroatoms. The van der Waals surface area contributed by atoms with Crippen LogP contribution >= 0.6 is 0 Å². The van der Waals surface area contributed by atoms with Gasteiger partial charge in [0.25, 0.3) is 5.56 Å². The fourth-order valence-corrected chi connectivity index (χ4v) is 2.85. The summed E-state index contributed by atoms with van der Waals surface area (Å²) >= 11 is 0. The molecule has 3 aromatic rings. The molecule has 0 bridgehead atoms. The minimum atomic E-state index is -0.213. The third kappa shape index (κ3) is 3.99. The summed E-state index contributed by atoms with van der Waals surface area (Å²) in [5.74, 6) is 1.29. The Labute approximate surface area is 156 Å². The summed E-state index contributed by atoms with van der Waals surface area (Å²) in [5.41, 5.74) is 1.57. The molecular weight excluding hydrogens is 346 g/mol. The predicted molar refractivity (Wildman–Crippen MR) is 102 cm³/mol. The second-order valence-corrected chi connectivity index (χ2v) is 6.76. The van der Waals surface area contributed by atoms with Crippen molar-refractivity contribution in [3.8, 4) is 17.4 Å². The van der Waals surface area contributed by atoms with E-state index in [9.17, 15) is 9.59 Å². The van der Waals surface area contributed by atoms with E-state index < -0.39 is 0 Å². The van der Waals surface area contributed by atoms with Crippen molar-refractivity contribution >= 4 is 11.7 Å². The minimum absolute atomic E-state index is 0.138. The molecule has 1 amide bonds. The van der Waals surface area contributed by atoms with Gasteiger partial charge in [0.05, 0.1) is 6.26 Å². The maximum absolute atomic E-state index is 12.3. The molecule has 0 atom stereocenters. The lowest BCUT2D eigenvalue weighted by atomic mass is 10.1. The average molecular weight is 369 g/mol. The first kappa shape index (κ1) is 18.6. The van der Waals surface area contributed by atoms with Gasteiger partial charge in [0.15, 0.2) is 5.76 Å². The number of hydrogen-bond acceptors (Lipinski definition) is 5. The molecule has 3 heterocycles. The number of rotatable bonds is 6. The summed E-state index contributed by atoms with van der Waals surface area (Å²) < 4.78 is 6.82. The Bertz CT molecular complexity index is 999. The number of hydrogen-bond donors (Lipinski definition) is 2. The van der Waals surface area contributed by atoms with Crippen LogP contribution in [-0.4, -0.2) is 25.7 Å². The fourth-order valence-electron chi connectivity index (χ4n) is 2.85. The molecule has 3 rings (SSSR count). The summed E-state index contributed by atoms with van der Waals surface area (Å²) in [7, 11) is 0. The van der Waals surface area contributed by atoms with Crippen molar-refractivity contribution in [1.29, 1.82) is 0 Å². The van der Waals surface area contributed by atoms with Gasteiger partial charge in [-0.15, -0.1) is 0 Å². The van der Waals surface area contributed by atoms with Gasteiger partial charge in [0, 0.05) is 23.7 Å². The van der Waals surface area contributed by atoms with Crippen molar-refractivity contribution < 1.29 is 9.21 Å². The monoisotopic (exact) mass is 369 g/mol. The zero-order valence-corrected chi connectivity index (χ0v) is 15.9. The quantitative estimate of drug-likeness (QED) is 0.694. The highest BCUT2D eigenvalue weighted by Crippen LogP contribution is 2.24. The SMILES string of the molecule is CCc1c(C)nc(-n2nc(-c3ccco3)cc2NC(=O)CC(C)C)[nH]c1=O. The molecule has 142 valence electrons. The molecule has 27 heavy (non-hydrogen) atoms. The van der Waals surface area contributed by atoms with E-state index in [1.54, 1.807) is 31.4 Å². The topological polar surface area (TPSA) is 106 Å². The van der Waals surface area contributed by atoms with Gasteiger partial charge in [-0.25, -0.2) is 4.98 Å². The first-order valence-electron chi connectivity index (χ1n) is 8.93. The van der Waals surface area contributed by atoms with Gasteiger partial charge in [-0.2, -0.15) is 9.78 Å². The third-order valence-electron chi connectivity index (χ3n) is 4.11. The summed E-state index contributed by atoms with van der Waals surface area (Å²) in [4.78, 5) is 31.8. The Morgan fingerprint density at radius 1 is 1.41 bits per heavy atom. The molecule has 0 spiro atoms. The number of amides is 1. The van der Waals surface area contributed by atoms with Gasteiger partial charge in [-0.3, -0.25) is 14.6 Å². The highest BCUT2D eigenvalue weighted by atomic mass is 16.3. The van der Waals surface area contributed by atoms with Gasteiger partial charge in [0.1, 0.15) is 11.5 Å². The van der Waals surface area contributed by atoms with Gasteiger partial charge in [-0.05, 0) is 31.4 Å². The predicted octanol–water partition coefficient (Wildman–Crippen LogP) is 3.07. The molecule has 0 aliphatic carbocycles. The van der Waals surface area contributed by atoms with E-state index in [0.29, 0.717) is 41.4 Å². The molecule has 3 aromatic heterocycles. The number of carbonyl (C=O) groups is 1. The number of aryl methyl sites for hydroxylation is 1. The van der Waals surface area contributed by atoms with E-state index in [1.165, 1.54) is 4.68 Å². The van der Waals surface area contributed by atoms with E-state index >= 15 is 0 Å². The van der Waals surface area contributed by atoms with Crippen LogP contribution in [-0.2, 0) is 11.2 Å². The number of H-pyrrole nitrogens is 1. The fraction of sp³-hybridized carbons (Fsp3) is 0.368. The molecule has 0 aliphatic heterocycles. The van der Waals surface area contributed by atoms with Crippen molar-refractivity contribution in [2.24, 2.45) is 5.92 Å². The van der Waals surface area contributed by atoms with Gasteiger partial charge < -0.3 is 9.73 Å². The molecule has 0 aromatic carbocycles. The van der Waals surface area contributed by atoms with E-state index in [1.807, 2.05) is 20.8 Å². The number of furan rings is 1. The van der Waals surface area contributed by atoms with Crippen molar-refractivity contribution in [2.45, 2.75) is 40.5 Å². The van der Waals surface area contributed by atoms with E-state index in [4.69, 9.17) is 4.42 Å². The van der Waals surface area contributed by atoms with Crippen molar-refractivity contribution in [2.75, 3.05) is 5.32 Å². The number of aromatic amines is 1. The number of aromatic nitrogens is 4. The van der Waals surface area contributed by atoms with Gasteiger partial charge >= 0.3 is 0 Å². The molecule has 0 saturated heterocycles. The van der Waals surface area contributed by atoms with Gasteiger partial charge in [-0.1, -0.05) is 20.8 Å². The van der Waals surface area contributed by atoms with Crippen LogP contribution < -0.4 is 10.9 Å². The lowest BCUT2D eigenvalue weighted by Crippen LogP contribution is -2.22. The molecule has 0 fully saturated rings. The Morgan fingerprint density at radius 3 is 2.78 bits per heavy atom. The number of nitrogens with one attached hydrogen (secondary N) is 2. The van der Waals surface area contributed by atoms with Crippen molar-refractivity contribution in [1.82, 2.24) is 19.7 Å². The van der Waals surface area contributed by atoms with Crippen LogP contribution in [0.1, 0.15) is 38.4 Å². The van der Waals surface area contributed by atoms with Crippen LogP contribution in [0.5, 0.6) is 0 Å². The summed E-state index contributed by atoms with van der Waals surface area (Å²) in [6, 6.07) is 5.22. The van der Waals surface area contributed by atoms with E-state index in [2.05, 4.69) is 20.4 Å². The molecule has 0 aliphatic rings. The maximum Gasteiger partial charge on any atom is 0.255 e. The van der Waals surface area contributed by atoms with Crippen LogP contribution in [0.4, 0.5) is 5.82 Å². The normalized spacial score (nSPS) is 11.1. The van der Waals surface area contributed by atoms with Crippen molar-refractivity contribution in [3.05, 3.63) is 46.1 Å². The molecular formula is C19H23N5O3. The van der Waals surface area contributed by atoms with Crippen LogP contribution in [0, 0.1) is 12.8 Å². The zero-order valence-electron chi connectivity index (χ0n) is 15.9. The first-order chi connectivity index (χ1) is 12.9. The Morgan fingerprint density at radius 2 is 2.19 bits per heavy atom. The summed E-state index contributed by atoms with van der Waals surface area (Å²) in [6.07, 6.45) is 2.51. The molecule has 0 saturated carbocycles. The van der Waals surface area contributed by atoms with Crippen LogP contribution in [0.15, 0.2) is 33.7 Å². The number of anilines is 1. The second-order valence-electron chi connectivity index (χ2n) is 6.76. The number of nitrogens with zero attached hydrogens (tertiary/aromatic N) is 3. The van der Waals surface area contributed by atoms with E-state index in [0.717, 1.165) is 0 Å². The average Bonchev–Trinajstić information content (AvgIpc) is 3.23. The molecule has 2 N–H and O–H groups in total. The van der Waals surface area contributed by atoms with Crippen molar-refractivity contribution in [3.63, 3.8) is 0 Å². The van der Waals surface area contributed by atoms with Crippen LogP contribution in [0.2, 0.25) is 0 Å². The Balaban J connectivity index is 2.07. The Hall–Kier alpha value is -3.16. The highest BCUT2D eigenvalue weighted by molar-refractivity contribution is 5.90. The van der Waals surface area contributed by atoms with Gasteiger partial charge in [0.2, 0.25) is 11.9 Å². The first-order valence-corrected chi connectivity index (χ1v) is 8.93. The van der Waals surface area contributed by atoms with Crippen LogP contribution in [0.3, 0.4) is 0 Å². The molecule has 0 radical (unpaired) electrons. The third-order valence-corrected chi connectivity index (χ3v) is 4.11.